The number of aromatic amines is 1. The molecule has 0 radical (unpaired) electrons. The smallest absolute Gasteiger partial charge is 0.239 e. The van der Waals surface area contributed by atoms with Crippen LogP contribution >= 0.6 is 0 Å². The van der Waals surface area contributed by atoms with Crippen molar-refractivity contribution in [2.75, 3.05) is 19.7 Å². The van der Waals surface area contributed by atoms with Gasteiger partial charge in [-0.15, -0.1) is 0 Å². The highest BCUT2D eigenvalue weighted by Gasteiger charge is 2.43. The van der Waals surface area contributed by atoms with E-state index >= 15 is 0 Å². The van der Waals surface area contributed by atoms with Gasteiger partial charge in [-0.05, 0) is 36.8 Å². The molecule has 1 saturated heterocycles. The number of piperidine rings is 1. The maximum atomic E-state index is 12.7. The van der Waals surface area contributed by atoms with E-state index in [1.165, 1.54) is 5.56 Å². The van der Waals surface area contributed by atoms with Crippen molar-refractivity contribution in [3.8, 4) is 0 Å². The molecule has 25 heavy (non-hydrogen) atoms. The van der Waals surface area contributed by atoms with Gasteiger partial charge in [0.15, 0.2) is 0 Å². The van der Waals surface area contributed by atoms with E-state index in [-0.39, 0.29) is 11.5 Å². The molecule has 1 aromatic heterocycles. The maximum Gasteiger partial charge on any atom is 0.239 e. The number of likely N-dealkylation sites (tertiary alicyclic amines) is 1. The zero-order valence-electron chi connectivity index (χ0n) is 14.3. The lowest BCUT2D eigenvalue weighted by molar-refractivity contribution is -0.142. The molecular weight excluding hydrogens is 316 g/mol. The molecule has 1 spiro atoms. The first-order valence-electron chi connectivity index (χ1n) is 8.93. The number of nitrogens with two attached hydrogens (primary N) is 1. The predicted molar refractivity (Wildman–Crippen MR) is 93.9 cm³/mol. The van der Waals surface area contributed by atoms with Gasteiger partial charge in [0.05, 0.1) is 24.5 Å². The summed E-state index contributed by atoms with van der Waals surface area (Å²) >= 11 is 0. The van der Waals surface area contributed by atoms with Gasteiger partial charge < -0.3 is 15.4 Å². The summed E-state index contributed by atoms with van der Waals surface area (Å²) in [5.74, 6) is 0.0272. The molecule has 0 bridgehead atoms. The zero-order chi connectivity index (χ0) is 17.3. The van der Waals surface area contributed by atoms with E-state index in [0.717, 1.165) is 30.5 Å². The maximum absolute atomic E-state index is 12.7. The molecule has 3 N–H and O–H groups in total. The van der Waals surface area contributed by atoms with Crippen LogP contribution in [0.1, 0.15) is 29.7 Å². The molecule has 0 saturated carbocycles. The number of ether oxygens (including phenoxy) is 1. The van der Waals surface area contributed by atoms with Gasteiger partial charge in [-0.25, -0.2) is 0 Å². The van der Waals surface area contributed by atoms with Gasteiger partial charge in [0.25, 0.3) is 0 Å². The number of hydrogen-bond donors (Lipinski definition) is 2. The third-order valence-corrected chi connectivity index (χ3v) is 5.42. The third kappa shape index (κ3) is 3.07. The minimum atomic E-state index is -0.494. The summed E-state index contributed by atoms with van der Waals surface area (Å²) in [6.07, 6.45) is 4.94. The van der Waals surface area contributed by atoms with Gasteiger partial charge in [-0.2, -0.15) is 5.10 Å². The van der Waals surface area contributed by atoms with Crippen LogP contribution in [0.4, 0.5) is 0 Å². The Hall–Kier alpha value is -2.18. The zero-order valence-corrected chi connectivity index (χ0v) is 14.3. The molecule has 1 aromatic carbocycles. The quantitative estimate of drug-likeness (QED) is 0.884. The van der Waals surface area contributed by atoms with E-state index in [1.54, 1.807) is 0 Å². The predicted octanol–water partition coefficient (Wildman–Crippen LogP) is 1.37. The Morgan fingerprint density at radius 1 is 1.32 bits per heavy atom. The number of rotatable bonds is 3. The van der Waals surface area contributed by atoms with E-state index in [4.69, 9.17) is 10.5 Å². The number of hydrogen-bond acceptors (Lipinski definition) is 4. The van der Waals surface area contributed by atoms with Gasteiger partial charge in [0.1, 0.15) is 5.60 Å². The minimum Gasteiger partial charge on any atom is -0.368 e. The summed E-state index contributed by atoms with van der Waals surface area (Å²) in [4.78, 5) is 14.6. The second kappa shape index (κ2) is 6.61. The van der Waals surface area contributed by atoms with E-state index in [1.807, 2.05) is 41.4 Å². The number of carbonyl (C=O) groups is 1. The van der Waals surface area contributed by atoms with Crippen LogP contribution in [0.15, 0.2) is 36.5 Å². The van der Waals surface area contributed by atoms with Crippen LogP contribution in [0.2, 0.25) is 0 Å². The molecule has 6 nitrogen and oxygen atoms in total. The average molecular weight is 340 g/mol. The van der Waals surface area contributed by atoms with Gasteiger partial charge in [0.2, 0.25) is 5.91 Å². The standard InChI is InChI=1S/C19H24N4O2/c20-16(12-14-4-2-1-3-5-14)18(24)23-9-7-19(8-10-23)17-15(6-11-25-19)13-21-22-17/h1-5,13,16H,6-12,20H2,(H,21,22)/t16-/m1/s1. The van der Waals surface area contributed by atoms with Crippen molar-refractivity contribution in [2.45, 2.75) is 37.3 Å². The van der Waals surface area contributed by atoms with Crippen molar-refractivity contribution >= 4 is 5.91 Å². The number of nitrogens with one attached hydrogen (secondary N) is 1. The number of aromatic nitrogens is 2. The van der Waals surface area contributed by atoms with E-state index in [0.29, 0.717) is 26.1 Å². The Morgan fingerprint density at radius 3 is 2.84 bits per heavy atom. The molecule has 4 rings (SSSR count). The SMILES string of the molecule is N[C@H](Cc1ccccc1)C(=O)N1CCC2(CC1)OCCc1cn[nH]c12. The fraction of sp³-hybridized carbons (Fsp3) is 0.474. The van der Waals surface area contributed by atoms with Crippen LogP contribution in [0.5, 0.6) is 0 Å². The van der Waals surface area contributed by atoms with Crippen LogP contribution in [0.25, 0.3) is 0 Å². The van der Waals surface area contributed by atoms with Crippen LogP contribution in [-0.2, 0) is 28.0 Å². The Balaban J connectivity index is 1.40. The van der Waals surface area contributed by atoms with Crippen molar-refractivity contribution in [3.05, 3.63) is 53.3 Å². The number of amides is 1. The Morgan fingerprint density at radius 2 is 2.08 bits per heavy atom. The second-order valence-corrected chi connectivity index (χ2v) is 6.98. The molecule has 1 atom stereocenters. The summed E-state index contributed by atoms with van der Waals surface area (Å²) in [5.41, 5.74) is 9.29. The van der Waals surface area contributed by atoms with Crippen molar-refractivity contribution < 1.29 is 9.53 Å². The minimum absolute atomic E-state index is 0.0272. The molecule has 132 valence electrons. The molecule has 0 unspecified atom stereocenters. The van der Waals surface area contributed by atoms with Crippen LogP contribution < -0.4 is 5.73 Å². The number of H-pyrrole nitrogens is 1. The lowest BCUT2D eigenvalue weighted by atomic mass is 9.83. The molecule has 2 aliphatic rings. The summed E-state index contributed by atoms with van der Waals surface area (Å²) in [5, 5.41) is 7.29. The Bertz CT molecular complexity index is 735. The summed E-state index contributed by atoms with van der Waals surface area (Å²) < 4.78 is 6.13. The number of benzene rings is 1. The topological polar surface area (TPSA) is 84.2 Å². The van der Waals surface area contributed by atoms with E-state index in [9.17, 15) is 4.79 Å². The average Bonchev–Trinajstić information content (AvgIpc) is 3.13. The third-order valence-electron chi connectivity index (χ3n) is 5.42. The van der Waals surface area contributed by atoms with Gasteiger partial charge >= 0.3 is 0 Å². The number of fused-ring (bicyclic) bond motifs is 2. The molecule has 1 amide bonds. The number of carbonyl (C=O) groups excluding carboxylic acids is 1. The first-order chi connectivity index (χ1) is 12.2. The van der Waals surface area contributed by atoms with Gasteiger partial charge in [-0.3, -0.25) is 9.89 Å². The highest BCUT2D eigenvalue weighted by atomic mass is 16.5. The Kier molecular flexibility index (Phi) is 4.31. The molecule has 2 aromatic rings. The normalized spacial score (nSPS) is 20.3. The van der Waals surface area contributed by atoms with E-state index in [2.05, 4.69) is 10.2 Å². The van der Waals surface area contributed by atoms with Crippen LogP contribution in [-0.4, -0.2) is 46.7 Å². The van der Waals surface area contributed by atoms with Crippen molar-refractivity contribution in [3.63, 3.8) is 0 Å². The molecule has 1 fully saturated rings. The first kappa shape index (κ1) is 16.3. The summed E-state index contributed by atoms with van der Waals surface area (Å²) in [6.45, 7) is 2.05. The number of nitrogens with zero attached hydrogens (tertiary/aromatic N) is 2. The largest absolute Gasteiger partial charge is 0.368 e. The molecule has 3 heterocycles. The summed E-state index contributed by atoms with van der Waals surface area (Å²) in [7, 11) is 0. The van der Waals surface area contributed by atoms with Crippen LogP contribution in [0.3, 0.4) is 0 Å². The Labute approximate surface area is 147 Å². The molecule has 2 aliphatic heterocycles. The van der Waals surface area contributed by atoms with Gasteiger partial charge in [-0.1, -0.05) is 30.3 Å². The first-order valence-corrected chi connectivity index (χ1v) is 8.93. The molecular formula is C19H24N4O2. The van der Waals surface area contributed by atoms with Crippen LogP contribution in [0, 0.1) is 0 Å². The van der Waals surface area contributed by atoms with E-state index < -0.39 is 6.04 Å². The fourth-order valence-corrected chi connectivity index (χ4v) is 4.00. The lowest BCUT2D eigenvalue weighted by Gasteiger charge is -2.43. The molecule has 6 heteroatoms. The van der Waals surface area contributed by atoms with Crippen molar-refractivity contribution in [1.29, 1.82) is 0 Å². The summed E-state index contributed by atoms with van der Waals surface area (Å²) in [6, 6.07) is 9.43. The van der Waals surface area contributed by atoms with Gasteiger partial charge in [0, 0.05) is 13.1 Å². The second-order valence-electron chi connectivity index (χ2n) is 6.98. The molecule has 0 aliphatic carbocycles. The monoisotopic (exact) mass is 340 g/mol. The fourth-order valence-electron chi connectivity index (χ4n) is 4.00. The highest BCUT2D eigenvalue weighted by molar-refractivity contribution is 5.82. The highest BCUT2D eigenvalue weighted by Crippen LogP contribution is 2.40. The lowest BCUT2D eigenvalue weighted by Crippen LogP contribution is -2.52. The van der Waals surface area contributed by atoms with Crippen molar-refractivity contribution in [1.82, 2.24) is 15.1 Å². The van der Waals surface area contributed by atoms with Crippen molar-refractivity contribution in [2.24, 2.45) is 5.73 Å².